The van der Waals surface area contributed by atoms with Crippen LogP contribution in [0.2, 0.25) is 5.02 Å². The topological polar surface area (TPSA) is 60.0 Å². The molecule has 1 heterocycles. The van der Waals surface area contributed by atoms with Gasteiger partial charge in [-0.15, -0.1) is 0 Å². The van der Waals surface area contributed by atoms with Gasteiger partial charge in [-0.3, -0.25) is 4.79 Å². The van der Waals surface area contributed by atoms with Gasteiger partial charge in [-0.1, -0.05) is 11.6 Å². The second-order valence-electron chi connectivity index (χ2n) is 4.48. The lowest BCUT2D eigenvalue weighted by Gasteiger charge is -2.16. The van der Waals surface area contributed by atoms with Crippen LogP contribution in [0.3, 0.4) is 0 Å². The van der Waals surface area contributed by atoms with Crippen molar-refractivity contribution in [1.29, 1.82) is 0 Å². The molecule has 94 valence electrons. The molecule has 0 spiro atoms. The third-order valence-electron chi connectivity index (χ3n) is 3.20. The van der Waals surface area contributed by atoms with Crippen LogP contribution in [-0.2, 0) is 6.54 Å². The van der Waals surface area contributed by atoms with Crippen LogP contribution in [0, 0.1) is 5.92 Å². The van der Waals surface area contributed by atoms with E-state index in [2.05, 4.69) is 5.32 Å². The lowest BCUT2D eigenvalue weighted by molar-refractivity contribution is 0.0924. The van der Waals surface area contributed by atoms with Crippen LogP contribution in [0.15, 0.2) is 12.3 Å². The minimum Gasteiger partial charge on any atom is -0.346 e. The van der Waals surface area contributed by atoms with Crippen LogP contribution in [0.25, 0.3) is 0 Å². The van der Waals surface area contributed by atoms with Gasteiger partial charge in [0.1, 0.15) is 5.69 Å². The molecule has 1 atom stereocenters. The first kappa shape index (κ1) is 12.5. The minimum absolute atomic E-state index is 0.0823. The molecule has 0 bridgehead atoms. The molecule has 1 aromatic heterocycles. The summed E-state index contributed by atoms with van der Waals surface area (Å²) in [6, 6.07) is 1.79. The highest BCUT2D eigenvalue weighted by molar-refractivity contribution is 6.31. The van der Waals surface area contributed by atoms with Gasteiger partial charge in [0.05, 0.1) is 5.02 Å². The average Bonchev–Trinajstić information content (AvgIpc) is 3.08. The third-order valence-corrected chi connectivity index (χ3v) is 3.40. The maximum absolute atomic E-state index is 12.1. The summed E-state index contributed by atoms with van der Waals surface area (Å²) in [6.07, 6.45) is 4.10. The number of nitrogens with zero attached hydrogens (tertiary/aromatic N) is 1. The lowest BCUT2D eigenvalue weighted by Crippen LogP contribution is -2.42. The van der Waals surface area contributed by atoms with Crippen LogP contribution in [0.1, 0.15) is 30.3 Å². The molecular weight excluding hydrogens is 238 g/mol. The molecule has 1 saturated carbocycles. The van der Waals surface area contributed by atoms with Gasteiger partial charge in [-0.2, -0.15) is 0 Å². The summed E-state index contributed by atoms with van der Waals surface area (Å²) in [5.74, 6) is 0.477. The standard InChI is InChI=1S/C12H18ClN3O/c1-2-16-7-9(13)5-11(16)12(17)15-10(6-14)8-3-4-8/h5,7-8,10H,2-4,6,14H2,1H3,(H,15,17). The van der Waals surface area contributed by atoms with E-state index in [1.807, 2.05) is 11.5 Å². The molecule has 1 aliphatic rings. The highest BCUT2D eigenvalue weighted by atomic mass is 35.5. The van der Waals surface area contributed by atoms with Gasteiger partial charge in [0.15, 0.2) is 0 Å². The second kappa shape index (κ2) is 5.10. The van der Waals surface area contributed by atoms with E-state index in [1.54, 1.807) is 12.3 Å². The number of carbonyl (C=O) groups is 1. The monoisotopic (exact) mass is 255 g/mol. The predicted octanol–water partition coefficient (Wildman–Crippen LogP) is 1.63. The lowest BCUT2D eigenvalue weighted by atomic mass is 10.2. The Morgan fingerprint density at radius 3 is 2.94 bits per heavy atom. The Morgan fingerprint density at radius 1 is 1.71 bits per heavy atom. The van der Waals surface area contributed by atoms with Crippen molar-refractivity contribution in [3.05, 3.63) is 23.0 Å². The number of amides is 1. The molecule has 1 aromatic rings. The van der Waals surface area contributed by atoms with Crippen molar-refractivity contribution in [2.75, 3.05) is 6.54 Å². The summed E-state index contributed by atoms with van der Waals surface area (Å²) in [4.78, 5) is 12.1. The van der Waals surface area contributed by atoms with E-state index in [9.17, 15) is 4.79 Å². The van der Waals surface area contributed by atoms with Gasteiger partial charge in [0, 0.05) is 25.3 Å². The Balaban J connectivity index is 2.07. The van der Waals surface area contributed by atoms with Crippen LogP contribution in [0.5, 0.6) is 0 Å². The summed E-state index contributed by atoms with van der Waals surface area (Å²) in [5, 5.41) is 3.58. The van der Waals surface area contributed by atoms with Crippen LogP contribution in [-0.4, -0.2) is 23.1 Å². The average molecular weight is 256 g/mol. The van der Waals surface area contributed by atoms with Crippen molar-refractivity contribution in [2.45, 2.75) is 32.4 Å². The number of nitrogens with one attached hydrogen (secondary N) is 1. The summed E-state index contributed by atoms with van der Waals surface area (Å²) >= 11 is 5.91. The van der Waals surface area contributed by atoms with E-state index >= 15 is 0 Å². The van der Waals surface area contributed by atoms with Crippen LogP contribution in [0.4, 0.5) is 0 Å². The van der Waals surface area contributed by atoms with Crippen molar-refractivity contribution >= 4 is 17.5 Å². The first-order valence-corrected chi connectivity index (χ1v) is 6.40. The predicted molar refractivity (Wildman–Crippen MR) is 68.1 cm³/mol. The largest absolute Gasteiger partial charge is 0.346 e. The molecule has 3 N–H and O–H groups in total. The fraction of sp³-hybridized carbons (Fsp3) is 0.583. The Kier molecular flexibility index (Phi) is 3.74. The number of aryl methyl sites for hydroxylation is 1. The zero-order valence-electron chi connectivity index (χ0n) is 9.95. The van der Waals surface area contributed by atoms with Crippen molar-refractivity contribution < 1.29 is 4.79 Å². The number of halogens is 1. The van der Waals surface area contributed by atoms with Gasteiger partial charge in [0.25, 0.3) is 5.91 Å². The maximum atomic E-state index is 12.1. The first-order chi connectivity index (χ1) is 8.15. The summed E-state index contributed by atoms with van der Waals surface area (Å²) < 4.78 is 1.85. The molecule has 1 unspecified atom stereocenters. The maximum Gasteiger partial charge on any atom is 0.268 e. The fourth-order valence-corrected chi connectivity index (χ4v) is 2.26. The molecule has 1 amide bonds. The van der Waals surface area contributed by atoms with Crippen molar-refractivity contribution in [3.8, 4) is 0 Å². The molecule has 1 aliphatic carbocycles. The van der Waals surface area contributed by atoms with E-state index in [0.717, 1.165) is 19.4 Å². The molecule has 5 heteroatoms. The first-order valence-electron chi connectivity index (χ1n) is 6.02. The molecule has 0 radical (unpaired) electrons. The van der Waals surface area contributed by atoms with Gasteiger partial charge in [-0.25, -0.2) is 0 Å². The van der Waals surface area contributed by atoms with Crippen molar-refractivity contribution in [3.63, 3.8) is 0 Å². The summed E-state index contributed by atoms with van der Waals surface area (Å²) in [7, 11) is 0. The number of carbonyl (C=O) groups excluding carboxylic acids is 1. The Labute approximate surface area is 106 Å². The Hall–Kier alpha value is -1.00. The highest BCUT2D eigenvalue weighted by Crippen LogP contribution is 2.32. The number of nitrogens with two attached hydrogens (primary N) is 1. The van der Waals surface area contributed by atoms with Crippen molar-refractivity contribution in [1.82, 2.24) is 9.88 Å². The van der Waals surface area contributed by atoms with Crippen molar-refractivity contribution in [2.24, 2.45) is 11.7 Å². The molecule has 0 aliphatic heterocycles. The van der Waals surface area contributed by atoms with Gasteiger partial charge in [-0.05, 0) is 31.7 Å². The SMILES string of the molecule is CCn1cc(Cl)cc1C(=O)NC(CN)C1CC1. The number of hydrogen-bond acceptors (Lipinski definition) is 2. The van der Waals surface area contributed by atoms with E-state index in [-0.39, 0.29) is 11.9 Å². The fourth-order valence-electron chi connectivity index (χ4n) is 2.04. The second-order valence-corrected chi connectivity index (χ2v) is 4.92. The van der Waals surface area contributed by atoms with E-state index in [1.165, 1.54) is 0 Å². The van der Waals surface area contributed by atoms with Gasteiger partial charge < -0.3 is 15.6 Å². The third kappa shape index (κ3) is 2.82. The quantitative estimate of drug-likeness (QED) is 0.840. The highest BCUT2D eigenvalue weighted by Gasteiger charge is 2.31. The zero-order valence-corrected chi connectivity index (χ0v) is 10.7. The summed E-state index contributed by atoms with van der Waals surface area (Å²) in [5.41, 5.74) is 6.28. The van der Waals surface area contributed by atoms with E-state index < -0.39 is 0 Å². The molecule has 0 saturated heterocycles. The molecule has 1 fully saturated rings. The minimum atomic E-state index is -0.0823. The normalized spacial score (nSPS) is 16.9. The molecule has 0 aromatic carbocycles. The Bertz CT molecular complexity index is 412. The molecule has 4 nitrogen and oxygen atoms in total. The number of hydrogen-bond donors (Lipinski definition) is 2. The zero-order chi connectivity index (χ0) is 12.4. The number of aromatic nitrogens is 1. The Morgan fingerprint density at radius 2 is 2.41 bits per heavy atom. The summed E-state index contributed by atoms with van der Waals surface area (Å²) in [6.45, 7) is 3.21. The smallest absolute Gasteiger partial charge is 0.268 e. The van der Waals surface area contributed by atoms with Crippen LogP contribution >= 0.6 is 11.6 Å². The van der Waals surface area contributed by atoms with E-state index in [4.69, 9.17) is 17.3 Å². The number of rotatable bonds is 5. The van der Waals surface area contributed by atoms with E-state index in [0.29, 0.717) is 23.2 Å². The molecule has 2 rings (SSSR count). The van der Waals surface area contributed by atoms with Crippen LogP contribution < -0.4 is 11.1 Å². The van der Waals surface area contributed by atoms with Gasteiger partial charge >= 0.3 is 0 Å². The molecular formula is C12H18ClN3O. The van der Waals surface area contributed by atoms with Gasteiger partial charge in [0.2, 0.25) is 0 Å². The molecule has 17 heavy (non-hydrogen) atoms.